The van der Waals surface area contributed by atoms with E-state index in [1.807, 2.05) is 30.3 Å². The predicted octanol–water partition coefficient (Wildman–Crippen LogP) is 2.91. The lowest BCUT2D eigenvalue weighted by atomic mass is 10.2. The first-order valence-corrected chi connectivity index (χ1v) is 9.14. The number of unbranched alkanes of at least 4 members (excludes halogenated alkanes) is 2. The molecule has 7 nitrogen and oxygen atoms in total. The summed E-state index contributed by atoms with van der Waals surface area (Å²) in [4.78, 5) is 45.5. The number of benzene rings is 1. The third-order valence-electron chi connectivity index (χ3n) is 3.59. The lowest BCUT2D eigenvalue weighted by Gasteiger charge is -2.13. The third kappa shape index (κ3) is 10.9. The topological polar surface area (TPSA) is 96.0 Å². The van der Waals surface area contributed by atoms with E-state index in [1.54, 1.807) is 0 Å². The standard InChI is InChI=1S/C21H26O7/c1-16(22)12-13-19(23)26-14-8-4-7-11-20(24)28-17(2)21(25)27-15-18-9-5-3-6-10-18/h3,5-6,9-10,12-13,17H,4,7-8,11,14-15H2,1-2H3/b13-12-. The number of carbonyl (C=O) groups is 4. The maximum atomic E-state index is 11.9. The molecule has 0 saturated carbocycles. The first kappa shape index (κ1) is 23.1. The predicted molar refractivity (Wildman–Crippen MR) is 101 cm³/mol. The zero-order valence-electron chi connectivity index (χ0n) is 16.2. The highest BCUT2D eigenvalue weighted by Crippen LogP contribution is 2.07. The number of ketones is 1. The van der Waals surface area contributed by atoms with Crippen LogP contribution < -0.4 is 0 Å². The Hall–Kier alpha value is -2.96. The zero-order chi connectivity index (χ0) is 20.8. The van der Waals surface area contributed by atoms with Gasteiger partial charge in [-0.3, -0.25) is 9.59 Å². The van der Waals surface area contributed by atoms with E-state index in [9.17, 15) is 19.2 Å². The number of carbonyl (C=O) groups excluding carboxylic acids is 4. The average Bonchev–Trinajstić information content (AvgIpc) is 2.67. The van der Waals surface area contributed by atoms with E-state index in [0.29, 0.717) is 19.3 Å². The van der Waals surface area contributed by atoms with Gasteiger partial charge in [-0.15, -0.1) is 0 Å². The minimum absolute atomic E-state index is 0.127. The van der Waals surface area contributed by atoms with E-state index >= 15 is 0 Å². The summed E-state index contributed by atoms with van der Waals surface area (Å²) < 4.78 is 15.1. The first-order chi connectivity index (χ1) is 13.4. The van der Waals surface area contributed by atoms with Crippen molar-refractivity contribution >= 4 is 23.7 Å². The molecule has 0 aromatic heterocycles. The lowest BCUT2D eigenvalue weighted by molar-refractivity contribution is -0.167. The van der Waals surface area contributed by atoms with Crippen molar-refractivity contribution in [1.82, 2.24) is 0 Å². The summed E-state index contributed by atoms with van der Waals surface area (Å²) in [6.07, 6.45) is 3.21. The Labute approximate surface area is 164 Å². The van der Waals surface area contributed by atoms with Crippen molar-refractivity contribution in [3.63, 3.8) is 0 Å². The van der Waals surface area contributed by atoms with Crippen LogP contribution in [0.3, 0.4) is 0 Å². The average molecular weight is 390 g/mol. The van der Waals surface area contributed by atoms with Gasteiger partial charge in [-0.05, 0) is 44.7 Å². The van der Waals surface area contributed by atoms with Crippen molar-refractivity contribution in [3.8, 4) is 0 Å². The van der Waals surface area contributed by atoms with Crippen LogP contribution in [0.5, 0.6) is 0 Å². The van der Waals surface area contributed by atoms with E-state index in [4.69, 9.17) is 14.2 Å². The molecule has 0 aliphatic carbocycles. The highest BCUT2D eigenvalue weighted by Gasteiger charge is 2.19. The molecule has 0 amide bonds. The second-order valence-corrected chi connectivity index (χ2v) is 6.15. The molecule has 1 atom stereocenters. The normalized spacial score (nSPS) is 11.6. The third-order valence-corrected chi connectivity index (χ3v) is 3.59. The van der Waals surface area contributed by atoms with Crippen LogP contribution in [0.25, 0.3) is 0 Å². The first-order valence-electron chi connectivity index (χ1n) is 9.14. The molecule has 0 fully saturated rings. The molecule has 28 heavy (non-hydrogen) atoms. The van der Waals surface area contributed by atoms with Crippen LogP contribution >= 0.6 is 0 Å². The molecular weight excluding hydrogens is 364 g/mol. The number of ether oxygens (including phenoxy) is 3. The Morgan fingerprint density at radius 2 is 1.68 bits per heavy atom. The second kappa shape index (κ2) is 13.2. The van der Waals surface area contributed by atoms with E-state index in [2.05, 4.69) is 0 Å². The van der Waals surface area contributed by atoms with Crippen LogP contribution in [0, 0.1) is 0 Å². The highest BCUT2D eigenvalue weighted by molar-refractivity contribution is 5.94. The van der Waals surface area contributed by atoms with Gasteiger partial charge >= 0.3 is 17.9 Å². The monoisotopic (exact) mass is 390 g/mol. The van der Waals surface area contributed by atoms with Gasteiger partial charge in [0, 0.05) is 12.5 Å². The minimum atomic E-state index is -0.967. The van der Waals surface area contributed by atoms with Gasteiger partial charge in [-0.25, -0.2) is 9.59 Å². The number of hydrogen-bond acceptors (Lipinski definition) is 7. The van der Waals surface area contributed by atoms with Crippen molar-refractivity contribution in [2.45, 2.75) is 52.2 Å². The van der Waals surface area contributed by atoms with Gasteiger partial charge in [0.1, 0.15) is 6.61 Å². The summed E-state index contributed by atoms with van der Waals surface area (Å²) in [6, 6.07) is 9.22. The molecule has 1 unspecified atom stereocenters. The SMILES string of the molecule is CC(=O)/C=C\C(=O)OCCCCCC(=O)OC(C)C(=O)OCc1ccccc1. The molecule has 0 aliphatic heterocycles. The second-order valence-electron chi connectivity index (χ2n) is 6.15. The summed E-state index contributed by atoms with van der Waals surface area (Å²) >= 11 is 0. The van der Waals surface area contributed by atoms with E-state index < -0.39 is 24.0 Å². The van der Waals surface area contributed by atoms with Gasteiger partial charge in [0.15, 0.2) is 11.9 Å². The van der Waals surface area contributed by atoms with E-state index in [-0.39, 0.29) is 25.4 Å². The van der Waals surface area contributed by atoms with Gasteiger partial charge in [0.05, 0.1) is 6.61 Å². The molecule has 152 valence electrons. The van der Waals surface area contributed by atoms with Crippen LogP contribution in [0.4, 0.5) is 0 Å². The molecule has 1 rings (SSSR count). The number of hydrogen-bond donors (Lipinski definition) is 0. The molecule has 0 saturated heterocycles. The molecule has 0 heterocycles. The Morgan fingerprint density at radius 1 is 0.964 bits per heavy atom. The highest BCUT2D eigenvalue weighted by atomic mass is 16.6. The van der Waals surface area contributed by atoms with E-state index in [0.717, 1.165) is 17.7 Å². The molecular formula is C21H26O7. The fourth-order valence-corrected chi connectivity index (χ4v) is 2.10. The summed E-state index contributed by atoms with van der Waals surface area (Å²) in [5.41, 5.74) is 0.854. The lowest BCUT2D eigenvalue weighted by Crippen LogP contribution is -2.26. The molecule has 0 N–H and O–H groups in total. The summed E-state index contributed by atoms with van der Waals surface area (Å²) in [6.45, 7) is 3.15. The van der Waals surface area contributed by atoms with Gasteiger partial charge in [0.2, 0.25) is 0 Å². The summed E-state index contributed by atoms with van der Waals surface area (Å²) in [7, 11) is 0. The van der Waals surface area contributed by atoms with Crippen molar-refractivity contribution in [1.29, 1.82) is 0 Å². The summed E-state index contributed by atoms with van der Waals surface area (Å²) in [5, 5.41) is 0. The number of allylic oxidation sites excluding steroid dienone is 1. The fourth-order valence-electron chi connectivity index (χ4n) is 2.10. The van der Waals surface area contributed by atoms with Crippen molar-refractivity contribution in [2.24, 2.45) is 0 Å². The van der Waals surface area contributed by atoms with Crippen LogP contribution in [0.2, 0.25) is 0 Å². The smallest absolute Gasteiger partial charge is 0.347 e. The van der Waals surface area contributed by atoms with Crippen LogP contribution in [0.15, 0.2) is 42.5 Å². The Morgan fingerprint density at radius 3 is 2.36 bits per heavy atom. The Kier molecular flexibility index (Phi) is 10.9. The molecule has 1 aromatic rings. The maximum Gasteiger partial charge on any atom is 0.347 e. The minimum Gasteiger partial charge on any atom is -0.463 e. The van der Waals surface area contributed by atoms with Crippen LogP contribution in [-0.2, 0) is 40.0 Å². The van der Waals surface area contributed by atoms with Crippen LogP contribution in [0.1, 0.15) is 45.1 Å². The number of esters is 3. The molecule has 0 bridgehead atoms. The van der Waals surface area contributed by atoms with Gasteiger partial charge < -0.3 is 14.2 Å². The number of rotatable bonds is 12. The van der Waals surface area contributed by atoms with Crippen molar-refractivity contribution < 1.29 is 33.4 Å². The van der Waals surface area contributed by atoms with Gasteiger partial charge in [-0.1, -0.05) is 30.3 Å². The van der Waals surface area contributed by atoms with Gasteiger partial charge in [0.25, 0.3) is 0 Å². The van der Waals surface area contributed by atoms with Crippen LogP contribution in [-0.4, -0.2) is 36.4 Å². The van der Waals surface area contributed by atoms with E-state index in [1.165, 1.54) is 13.8 Å². The molecule has 1 aromatic carbocycles. The molecule has 0 radical (unpaired) electrons. The summed E-state index contributed by atoms with van der Waals surface area (Å²) in [5.74, 6) is -1.88. The van der Waals surface area contributed by atoms with Gasteiger partial charge in [-0.2, -0.15) is 0 Å². The maximum absolute atomic E-state index is 11.9. The zero-order valence-corrected chi connectivity index (χ0v) is 16.2. The Bertz CT molecular complexity index is 679. The molecule has 0 spiro atoms. The fraction of sp³-hybridized carbons (Fsp3) is 0.429. The van der Waals surface area contributed by atoms with Crippen molar-refractivity contribution in [3.05, 3.63) is 48.0 Å². The largest absolute Gasteiger partial charge is 0.463 e. The quantitative estimate of drug-likeness (QED) is 0.234. The molecule has 7 heteroatoms. The molecule has 0 aliphatic rings. The van der Waals surface area contributed by atoms with Crippen molar-refractivity contribution in [2.75, 3.05) is 6.61 Å². The Balaban J connectivity index is 2.11.